The van der Waals surface area contributed by atoms with Crippen LogP contribution in [-0.2, 0) is 4.79 Å². The van der Waals surface area contributed by atoms with E-state index >= 15 is 0 Å². The van der Waals surface area contributed by atoms with Gasteiger partial charge < -0.3 is 5.32 Å². The maximum Gasteiger partial charge on any atom is 0.243 e. The van der Waals surface area contributed by atoms with Gasteiger partial charge in [-0.2, -0.15) is 0 Å². The molecule has 0 saturated heterocycles. The molecule has 0 radical (unpaired) electrons. The van der Waals surface area contributed by atoms with Crippen LogP contribution < -0.4 is 5.32 Å². The standard InChI is InChI=1S/C5H7NO.2C2H6/c7-5-3-1-2-4-6-5;2*1-2/h1,3H,2,4H2,(H,6,7);2*1-2H3. The molecule has 0 saturated carbocycles. The van der Waals surface area contributed by atoms with Gasteiger partial charge in [-0.25, -0.2) is 0 Å². The van der Waals surface area contributed by atoms with Gasteiger partial charge >= 0.3 is 0 Å². The van der Waals surface area contributed by atoms with Crippen molar-refractivity contribution in [3.05, 3.63) is 12.2 Å². The molecule has 0 atom stereocenters. The number of amides is 1. The zero-order chi connectivity index (χ0) is 9.11. The lowest BCUT2D eigenvalue weighted by Gasteiger charge is -2.01. The molecular formula is C9H19NO. The first kappa shape index (κ1) is 12.8. The van der Waals surface area contributed by atoms with Gasteiger partial charge in [0.05, 0.1) is 0 Å². The van der Waals surface area contributed by atoms with Crippen molar-refractivity contribution in [1.29, 1.82) is 0 Å². The van der Waals surface area contributed by atoms with Gasteiger partial charge in [0, 0.05) is 6.54 Å². The summed E-state index contributed by atoms with van der Waals surface area (Å²) in [5.41, 5.74) is 0. The Kier molecular flexibility index (Phi) is 13.9. The van der Waals surface area contributed by atoms with Crippen molar-refractivity contribution in [3.8, 4) is 0 Å². The Morgan fingerprint density at radius 2 is 1.82 bits per heavy atom. The van der Waals surface area contributed by atoms with Gasteiger partial charge in [-0.3, -0.25) is 4.79 Å². The summed E-state index contributed by atoms with van der Waals surface area (Å²) in [6.07, 6.45) is 4.41. The van der Waals surface area contributed by atoms with Gasteiger partial charge in [-0.05, 0) is 12.5 Å². The lowest BCUT2D eigenvalue weighted by Crippen LogP contribution is -2.24. The molecule has 1 aliphatic rings. The molecule has 1 aliphatic heterocycles. The normalized spacial score (nSPS) is 13.3. The van der Waals surface area contributed by atoms with E-state index in [1.54, 1.807) is 6.08 Å². The number of carbonyl (C=O) groups is 1. The van der Waals surface area contributed by atoms with Crippen LogP contribution in [0.3, 0.4) is 0 Å². The predicted octanol–water partition coefficient (Wildman–Crippen LogP) is 2.11. The molecule has 0 spiro atoms. The molecule has 11 heavy (non-hydrogen) atoms. The molecule has 0 aromatic heterocycles. The monoisotopic (exact) mass is 157 g/mol. The highest BCUT2D eigenvalue weighted by atomic mass is 16.1. The number of rotatable bonds is 0. The highest BCUT2D eigenvalue weighted by Crippen LogP contribution is 1.86. The first-order chi connectivity index (χ1) is 5.39. The summed E-state index contributed by atoms with van der Waals surface area (Å²) < 4.78 is 0. The summed E-state index contributed by atoms with van der Waals surface area (Å²) in [4.78, 5) is 10.3. The number of hydrogen-bond donors (Lipinski definition) is 1. The largest absolute Gasteiger partial charge is 0.352 e. The van der Waals surface area contributed by atoms with Crippen molar-refractivity contribution >= 4 is 5.91 Å². The van der Waals surface area contributed by atoms with E-state index in [9.17, 15) is 4.79 Å². The van der Waals surface area contributed by atoms with Crippen molar-refractivity contribution in [2.75, 3.05) is 6.54 Å². The summed E-state index contributed by atoms with van der Waals surface area (Å²) in [6, 6.07) is 0. The van der Waals surface area contributed by atoms with Gasteiger partial charge in [-0.1, -0.05) is 33.8 Å². The van der Waals surface area contributed by atoms with Crippen molar-refractivity contribution in [1.82, 2.24) is 5.32 Å². The highest BCUT2D eigenvalue weighted by molar-refractivity contribution is 5.88. The number of nitrogens with one attached hydrogen (secondary N) is 1. The van der Waals surface area contributed by atoms with Gasteiger partial charge in [0.15, 0.2) is 0 Å². The van der Waals surface area contributed by atoms with Gasteiger partial charge in [0.25, 0.3) is 0 Å². The lowest BCUT2D eigenvalue weighted by molar-refractivity contribution is -0.116. The quantitative estimate of drug-likeness (QED) is 0.573. The second-order valence-electron chi connectivity index (χ2n) is 1.48. The average molecular weight is 157 g/mol. The molecule has 2 nitrogen and oxygen atoms in total. The zero-order valence-corrected chi connectivity index (χ0v) is 7.98. The Morgan fingerprint density at radius 1 is 1.27 bits per heavy atom. The van der Waals surface area contributed by atoms with E-state index in [0.29, 0.717) is 0 Å². The van der Waals surface area contributed by atoms with E-state index in [1.807, 2.05) is 33.8 Å². The second kappa shape index (κ2) is 11.9. The van der Waals surface area contributed by atoms with Gasteiger partial charge in [0.1, 0.15) is 0 Å². The third-order valence-corrected chi connectivity index (χ3v) is 0.879. The minimum absolute atomic E-state index is 0.0336. The van der Waals surface area contributed by atoms with Crippen LogP contribution in [0.2, 0.25) is 0 Å². The fraction of sp³-hybridized carbons (Fsp3) is 0.667. The van der Waals surface area contributed by atoms with Crippen molar-refractivity contribution in [2.45, 2.75) is 34.1 Å². The molecule has 1 N–H and O–H groups in total. The second-order valence-corrected chi connectivity index (χ2v) is 1.48. The Bertz CT molecular complexity index is 108. The van der Waals surface area contributed by atoms with Crippen LogP contribution in [0.4, 0.5) is 0 Å². The highest BCUT2D eigenvalue weighted by Gasteiger charge is 1.95. The van der Waals surface area contributed by atoms with Crippen LogP contribution in [0.5, 0.6) is 0 Å². The SMILES string of the molecule is CC.CC.O=C1C=CCCN1. The van der Waals surface area contributed by atoms with E-state index in [2.05, 4.69) is 5.32 Å². The van der Waals surface area contributed by atoms with Crippen molar-refractivity contribution < 1.29 is 4.79 Å². The van der Waals surface area contributed by atoms with E-state index in [4.69, 9.17) is 0 Å². The summed E-state index contributed by atoms with van der Waals surface area (Å²) in [5.74, 6) is 0.0336. The minimum Gasteiger partial charge on any atom is -0.352 e. The molecule has 1 heterocycles. The Labute approximate surface area is 69.7 Å². The maximum absolute atomic E-state index is 10.3. The van der Waals surface area contributed by atoms with Crippen LogP contribution >= 0.6 is 0 Å². The maximum atomic E-state index is 10.3. The summed E-state index contributed by atoms with van der Waals surface area (Å²) >= 11 is 0. The zero-order valence-electron chi connectivity index (χ0n) is 7.98. The third kappa shape index (κ3) is 9.21. The number of hydrogen-bond acceptors (Lipinski definition) is 1. The predicted molar refractivity (Wildman–Crippen MR) is 49.5 cm³/mol. The topological polar surface area (TPSA) is 29.1 Å². The molecule has 0 aromatic carbocycles. The Hall–Kier alpha value is -0.790. The molecule has 0 aromatic rings. The van der Waals surface area contributed by atoms with Crippen LogP contribution in [-0.4, -0.2) is 12.5 Å². The summed E-state index contributed by atoms with van der Waals surface area (Å²) in [5, 5.41) is 2.66. The van der Waals surface area contributed by atoms with Crippen LogP contribution in [0.15, 0.2) is 12.2 Å². The van der Waals surface area contributed by atoms with Crippen molar-refractivity contribution in [3.63, 3.8) is 0 Å². The first-order valence-corrected chi connectivity index (χ1v) is 4.34. The summed E-state index contributed by atoms with van der Waals surface area (Å²) in [6.45, 7) is 8.80. The molecule has 1 rings (SSSR count). The van der Waals surface area contributed by atoms with Crippen LogP contribution in [0.1, 0.15) is 34.1 Å². The van der Waals surface area contributed by atoms with Gasteiger partial charge in [-0.15, -0.1) is 0 Å². The Balaban J connectivity index is 0. The van der Waals surface area contributed by atoms with E-state index in [1.165, 1.54) is 0 Å². The minimum atomic E-state index is 0.0336. The lowest BCUT2D eigenvalue weighted by atomic mass is 10.3. The molecule has 0 fully saturated rings. The molecular weight excluding hydrogens is 138 g/mol. The third-order valence-electron chi connectivity index (χ3n) is 0.879. The molecule has 1 amide bonds. The molecule has 0 aliphatic carbocycles. The smallest absolute Gasteiger partial charge is 0.243 e. The van der Waals surface area contributed by atoms with Gasteiger partial charge in [0.2, 0.25) is 5.91 Å². The number of carbonyl (C=O) groups excluding carboxylic acids is 1. The Morgan fingerprint density at radius 3 is 2.00 bits per heavy atom. The molecule has 0 unspecified atom stereocenters. The fourth-order valence-electron chi connectivity index (χ4n) is 0.528. The summed E-state index contributed by atoms with van der Waals surface area (Å²) in [7, 11) is 0. The van der Waals surface area contributed by atoms with Crippen LogP contribution in [0.25, 0.3) is 0 Å². The van der Waals surface area contributed by atoms with E-state index in [0.717, 1.165) is 13.0 Å². The van der Waals surface area contributed by atoms with Crippen molar-refractivity contribution in [2.24, 2.45) is 0 Å². The van der Waals surface area contributed by atoms with E-state index in [-0.39, 0.29) is 5.91 Å². The molecule has 66 valence electrons. The molecule has 2 heteroatoms. The average Bonchev–Trinajstić information content (AvgIpc) is 2.13. The molecule has 0 bridgehead atoms. The first-order valence-electron chi connectivity index (χ1n) is 4.34. The fourth-order valence-corrected chi connectivity index (χ4v) is 0.528. The van der Waals surface area contributed by atoms with E-state index < -0.39 is 0 Å². The van der Waals surface area contributed by atoms with Crippen LogP contribution in [0, 0.1) is 0 Å².